The van der Waals surface area contributed by atoms with Crippen LogP contribution in [0.4, 0.5) is 15.3 Å². The Morgan fingerprint density at radius 3 is 2.14 bits per heavy atom. The molecule has 1 aromatic carbocycles. The molecule has 8 N–H and O–H groups in total. The lowest BCUT2D eigenvalue weighted by atomic mass is 10.1. The first-order valence-corrected chi connectivity index (χ1v) is 11.7. The fraction of sp³-hybridized carbons (Fsp3) is 0.565. The van der Waals surface area contributed by atoms with Gasteiger partial charge in [-0.2, -0.15) is 0 Å². The number of ether oxygens (including phenoxy) is 1. The first-order valence-electron chi connectivity index (χ1n) is 11.7. The fourth-order valence-corrected chi connectivity index (χ4v) is 2.39. The third kappa shape index (κ3) is 18.7. The lowest BCUT2D eigenvalue weighted by Crippen LogP contribution is -2.46. The van der Waals surface area contributed by atoms with Crippen molar-refractivity contribution in [1.29, 1.82) is 0 Å². The zero-order valence-corrected chi connectivity index (χ0v) is 21.7. The number of nitrogens with two attached hydrogens (primary N) is 1. The summed E-state index contributed by atoms with van der Waals surface area (Å²) < 4.78 is 4.97. The number of hydrogen-bond acceptors (Lipinski definition) is 7. The van der Waals surface area contributed by atoms with E-state index in [2.05, 4.69) is 46.0 Å². The van der Waals surface area contributed by atoms with Crippen LogP contribution in [0.15, 0.2) is 24.3 Å². The molecule has 1 rings (SSSR count). The van der Waals surface area contributed by atoms with Gasteiger partial charge in [0.1, 0.15) is 12.6 Å². The number of urea groups is 1. The van der Waals surface area contributed by atoms with Gasteiger partial charge < -0.3 is 31.7 Å². The van der Waals surface area contributed by atoms with Crippen molar-refractivity contribution in [2.75, 3.05) is 32.5 Å². The van der Waals surface area contributed by atoms with Gasteiger partial charge in [-0.1, -0.05) is 46.2 Å². The summed E-state index contributed by atoms with van der Waals surface area (Å²) in [7, 11) is 3.17. The standard InChI is InChI=1S/C18H29N7O5.C3H8.C2H6/c1-20-10-15(26)24-14(4-3-9-22-17(19)28)16(27)23-13-7-5-12(6-8-13)11-30-18(29)25-21-2;1-3-2;1-2/h5-8,14,20-21H,3-4,9-11H2,1-2H3,(H,23,27)(H,24,26)(H,25,29)(H3,19,22,28);3H2,1-2H3;1-2H3. The maximum Gasteiger partial charge on any atom is 0.421 e. The van der Waals surface area contributed by atoms with Crippen LogP contribution in [0.5, 0.6) is 0 Å². The molecule has 0 heterocycles. The van der Waals surface area contributed by atoms with Gasteiger partial charge in [-0.25, -0.2) is 15.0 Å². The predicted molar refractivity (Wildman–Crippen MR) is 137 cm³/mol. The van der Waals surface area contributed by atoms with Crippen molar-refractivity contribution < 1.29 is 23.9 Å². The van der Waals surface area contributed by atoms with Crippen molar-refractivity contribution in [1.82, 2.24) is 26.8 Å². The van der Waals surface area contributed by atoms with Crippen LogP contribution in [-0.2, 0) is 20.9 Å². The average Bonchev–Trinajstić information content (AvgIpc) is 2.82. The van der Waals surface area contributed by atoms with Gasteiger partial charge in [-0.3, -0.25) is 15.0 Å². The molecule has 12 heteroatoms. The van der Waals surface area contributed by atoms with Crippen LogP contribution in [0.3, 0.4) is 0 Å². The van der Waals surface area contributed by atoms with Crippen molar-refractivity contribution in [3.63, 3.8) is 0 Å². The molecule has 1 atom stereocenters. The number of benzene rings is 1. The normalized spacial score (nSPS) is 10.2. The highest BCUT2D eigenvalue weighted by molar-refractivity contribution is 5.97. The number of hydrazine groups is 1. The van der Waals surface area contributed by atoms with Gasteiger partial charge in [0, 0.05) is 19.3 Å². The molecule has 0 aliphatic carbocycles. The van der Waals surface area contributed by atoms with Gasteiger partial charge in [-0.05, 0) is 37.6 Å². The lowest BCUT2D eigenvalue weighted by molar-refractivity contribution is -0.126. The SMILES string of the molecule is CC.CCC.CNCC(=O)NC(CCCNC(N)=O)C(=O)Nc1ccc(COC(=O)NNC)cc1. The molecule has 0 aliphatic heterocycles. The highest BCUT2D eigenvalue weighted by Crippen LogP contribution is 2.12. The number of rotatable bonds is 12. The van der Waals surface area contributed by atoms with Crippen LogP contribution in [0.25, 0.3) is 0 Å². The van der Waals surface area contributed by atoms with Crippen molar-refractivity contribution >= 4 is 29.6 Å². The lowest BCUT2D eigenvalue weighted by Gasteiger charge is -2.19. The number of anilines is 1. The highest BCUT2D eigenvalue weighted by atomic mass is 16.6. The quantitative estimate of drug-likeness (QED) is 0.169. The van der Waals surface area contributed by atoms with Gasteiger partial charge >= 0.3 is 12.1 Å². The van der Waals surface area contributed by atoms with Crippen LogP contribution in [0, 0.1) is 0 Å². The third-order valence-electron chi connectivity index (χ3n) is 3.78. The van der Waals surface area contributed by atoms with E-state index < -0.39 is 24.1 Å². The average molecular weight is 498 g/mol. The summed E-state index contributed by atoms with van der Waals surface area (Å²) in [5.41, 5.74) is 11.0. The topological polar surface area (TPSA) is 176 Å². The van der Waals surface area contributed by atoms with E-state index in [1.807, 2.05) is 13.8 Å². The smallest absolute Gasteiger partial charge is 0.421 e. The number of primary amides is 1. The molecule has 0 aliphatic rings. The minimum atomic E-state index is -0.784. The number of carbonyl (C=O) groups excluding carboxylic acids is 4. The molecule has 0 radical (unpaired) electrons. The van der Waals surface area contributed by atoms with Gasteiger partial charge in [0.2, 0.25) is 11.8 Å². The van der Waals surface area contributed by atoms with E-state index in [4.69, 9.17) is 10.5 Å². The maximum absolute atomic E-state index is 12.6. The summed E-state index contributed by atoms with van der Waals surface area (Å²) in [4.78, 5) is 46.5. The molecule has 12 nitrogen and oxygen atoms in total. The molecule has 0 saturated heterocycles. The van der Waals surface area contributed by atoms with Crippen molar-refractivity contribution in [3.8, 4) is 0 Å². The van der Waals surface area contributed by atoms with Crippen molar-refractivity contribution in [2.24, 2.45) is 5.73 Å². The Balaban J connectivity index is 0. The summed E-state index contributed by atoms with van der Waals surface area (Å²) >= 11 is 0. The van der Waals surface area contributed by atoms with Gasteiger partial charge in [0.15, 0.2) is 0 Å². The van der Waals surface area contributed by atoms with E-state index in [-0.39, 0.29) is 25.6 Å². The van der Waals surface area contributed by atoms with E-state index >= 15 is 0 Å². The van der Waals surface area contributed by atoms with Gasteiger partial charge in [0.05, 0.1) is 6.54 Å². The fourth-order valence-electron chi connectivity index (χ4n) is 2.39. The highest BCUT2D eigenvalue weighted by Gasteiger charge is 2.20. The van der Waals surface area contributed by atoms with E-state index in [0.717, 1.165) is 5.56 Å². The summed E-state index contributed by atoms with van der Waals surface area (Å²) in [5.74, 6) is -0.719. The Morgan fingerprint density at radius 1 is 1.03 bits per heavy atom. The predicted octanol–water partition coefficient (Wildman–Crippen LogP) is 1.58. The Morgan fingerprint density at radius 2 is 1.63 bits per heavy atom. The Kier molecular flexibility index (Phi) is 21.6. The third-order valence-corrected chi connectivity index (χ3v) is 3.78. The maximum atomic E-state index is 12.6. The first-order chi connectivity index (χ1) is 16.8. The number of amides is 5. The minimum Gasteiger partial charge on any atom is -0.444 e. The Labute approximate surface area is 208 Å². The zero-order valence-electron chi connectivity index (χ0n) is 21.7. The summed E-state index contributed by atoms with van der Waals surface area (Å²) in [6.45, 7) is 8.67. The monoisotopic (exact) mass is 497 g/mol. The molecule has 5 amide bonds. The van der Waals surface area contributed by atoms with Crippen LogP contribution in [-0.4, -0.2) is 57.2 Å². The number of nitrogens with one attached hydrogen (secondary N) is 6. The van der Waals surface area contributed by atoms with Gasteiger partial charge in [-0.15, -0.1) is 0 Å². The number of hydrogen-bond donors (Lipinski definition) is 7. The van der Waals surface area contributed by atoms with Crippen molar-refractivity contribution in [2.45, 2.75) is 59.6 Å². The summed E-state index contributed by atoms with van der Waals surface area (Å²) in [5, 5.41) is 10.5. The van der Waals surface area contributed by atoms with E-state index in [0.29, 0.717) is 18.5 Å². The van der Waals surface area contributed by atoms with E-state index in [1.54, 1.807) is 38.4 Å². The van der Waals surface area contributed by atoms with Gasteiger partial charge in [0.25, 0.3) is 0 Å². The first kappa shape index (κ1) is 33.8. The van der Waals surface area contributed by atoms with Crippen molar-refractivity contribution in [3.05, 3.63) is 29.8 Å². The molecule has 0 spiro atoms. The Bertz CT molecular complexity index is 729. The molecular formula is C23H43N7O5. The molecule has 35 heavy (non-hydrogen) atoms. The van der Waals surface area contributed by atoms with E-state index in [9.17, 15) is 19.2 Å². The minimum absolute atomic E-state index is 0.0668. The summed E-state index contributed by atoms with van der Waals surface area (Å²) in [6, 6.07) is 5.29. The van der Waals surface area contributed by atoms with E-state index in [1.165, 1.54) is 6.42 Å². The molecule has 200 valence electrons. The van der Waals surface area contributed by atoms with Crippen LogP contribution >= 0.6 is 0 Å². The second-order valence-electron chi connectivity index (χ2n) is 6.93. The molecule has 0 aromatic heterocycles. The summed E-state index contributed by atoms with van der Waals surface area (Å²) in [6.07, 6.45) is 1.40. The second kappa shape index (κ2) is 22.4. The van der Waals surface area contributed by atoms with Crippen LogP contribution < -0.4 is 37.9 Å². The molecule has 0 saturated carbocycles. The largest absolute Gasteiger partial charge is 0.444 e. The Hall–Kier alpha value is -3.38. The molecule has 0 bridgehead atoms. The van der Waals surface area contributed by atoms with Crippen LogP contribution in [0.2, 0.25) is 0 Å². The molecular weight excluding hydrogens is 454 g/mol. The number of likely N-dealkylation sites (N-methyl/N-ethyl adjacent to an activating group) is 1. The van der Waals surface area contributed by atoms with Crippen LogP contribution in [0.1, 0.15) is 52.5 Å². The molecule has 0 fully saturated rings. The molecule has 1 unspecified atom stereocenters. The number of carbonyl (C=O) groups is 4. The second-order valence-corrected chi connectivity index (χ2v) is 6.93. The molecule has 1 aromatic rings. The zero-order chi connectivity index (χ0) is 27.1.